The Bertz CT molecular complexity index is 1220. The van der Waals surface area contributed by atoms with Gasteiger partial charge in [0.25, 0.3) is 11.8 Å². The first-order chi connectivity index (χ1) is 18.3. The molecule has 7 nitrogen and oxygen atoms in total. The molecular formula is C30H37Cl2N3O4. The second kappa shape index (κ2) is 11.5. The predicted molar refractivity (Wildman–Crippen MR) is 154 cm³/mol. The first-order valence-electron chi connectivity index (χ1n) is 13.6. The predicted octanol–water partition coefficient (Wildman–Crippen LogP) is 6.23. The highest BCUT2D eigenvalue weighted by Crippen LogP contribution is 2.49. The topological polar surface area (TPSA) is 99.1 Å². The number of halogens is 2. The molecule has 1 saturated carbocycles. The number of nitrogens with zero attached hydrogens (tertiary/aromatic N) is 2. The third-order valence-electron chi connectivity index (χ3n) is 8.24. The number of carbonyl (C=O) groups excluding carboxylic acids is 2. The number of aliphatic imine (C=N–C) groups is 1. The molecule has 0 aromatic heterocycles. The molecule has 1 unspecified atom stereocenters. The van der Waals surface area contributed by atoms with E-state index in [-0.39, 0.29) is 41.6 Å². The van der Waals surface area contributed by atoms with E-state index >= 15 is 0 Å². The van der Waals surface area contributed by atoms with Crippen LogP contribution in [0.5, 0.6) is 0 Å². The molecule has 4 rings (SSSR count). The van der Waals surface area contributed by atoms with Crippen molar-refractivity contribution in [3.05, 3.63) is 58.1 Å². The van der Waals surface area contributed by atoms with Crippen LogP contribution in [0.2, 0.25) is 0 Å². The van der Waals surface area contributed by atoms with Crippen LogP contribution >= 0.6 is 23.2 Å². The number of allylic oxidation sites excluding steroid dienone is 3. The molecule has 9 heteroatoms. The molecule has 1 spiro atoms. The SMILES string of the molecule is C[C@H](c1ccc(C(=O)NCCC(=O)O)cc1)N1C(=O)C(C2=CC(Cl)=CC(Cl)C2)=NC12CCC(C(C)(C)C)CC2. The molecule has 1 fully saturated rings. The molecule has 1 heterocycles. The number of alkyl halides is 1. The lowest BCUT2D eigenvalue weighted by molar-refractivity contribution is -0.137. The van der Waals surface area contributed by atoms with E-state index < -0.39 is 11.6 Å². The fraction of sp³-hybridized carbons (Fsp3) is 0.533. The van der Waals surface area contributed by atoms with Crippen molar-refractivity contribution in [2.75, 3.05) is 6.54 Å². The minimum atomic E-state index is -0.967. The van der Waals surface area contributed by atoms with E-state index in [2.05, 4.69) is 26.1 Å². The van der Waals surface area contributed by atoms with E-state index in [1.54, 1.807) is 24.3 Å². The Morgan fingerprint density at radius 2 is 1.85 bits per heavy atom. The summed E-state index contributed by atoms with van der Waals surface area (Å²) in [5, 5.41) is 11.6. The van der Waals surface area contributed by atoms with Crippen molar-refractivity contribution in [2.24, 2.45) is 16.3 Å². The summed E-state index contributed by atoms with van der Waals surface area (Å²) in [6.45, 7) is 8.87. The van der Waals surface area contributed by atoms with Crippen LogP contribution in [-0.2, 0) is 9.59 Å². The quantitative estimate of drug-likeness (QED) is 0.378. The van der Waals surface area contributed by atoms with Crippen molar-refractivity contribution in [1.82, 2.24) is 10.2 Å². The Morgan fingerprint density at radius 3 is 2.41 bits per heavy atom. The highest BCUT2D eigenvalue weighted by Gasteiger charge is 2.52. The molecule has 1 aliphatic heterocycles. The summed E-state index contributed by atoms with van der Waals surface area (Å²) in [5.41, 5.74) is 2.09. The van der Waals surface area contributed by atoms with Crippen LogP contribution < -0.4 is 5.32 Å². The van der Waals surface area contributed by atoms with Crippen LogP contribution in [-0.4, -0.2) is 51.1 Å². The van der Waals surface area contributed by atoms with Crippen LogP contribution in [0.4, 0.5) is 0 Å². The molecule has 1 aromatic rings. The maximum atomic E-state index is 14.1. The van der Waals surface area contributed by atoms with Gasteiger partial charge in [0, 0.05) is 17.1 Å². The van der Waals surface area contributed by atoms with E-state index in [1.807, 2.05) is 24.0 Å². The molecule has 210 valence electrons. The van der Waals surface area contributed by atoms with Gasteiger partial charge in [-0.15, -0.1) is 11.6 Å². The Morgan fingerprint density at radius 1 is 1.21 bits per heavy atom. The molecule has 0 radical (unpaired) electrons. The van der Waals surface area contributed by atoms with Crippen molar-refractivity contribution in [1.29, 1.82) is 0 Å². The van der Waals surface area contributed by atoms with Gasteiger partial charge in [0.15, 0.2) is 0 Å². The van der Waals surface area contributed by atoms with Gasteiger partial charge in [-0.05, 0) is 85.8 Å². The summed E-state index contributed by atoms with van der Waals surface area (Å²) in [6.07, 6.45) is 7.44. The van der Waals surface area contributed by atoms with Crippen molar-refractivity contribution >= 4 is 46.7 Å². The lowest BCUT2D eigenvalue weighted by Crippen LogP contribution is -2.51. The number of rotatable bonds is 7. The smallest absolute Gasteiger partial charge is 0.305 e. The minimum absolute atomic E-state index is 0.0605. The molecule has 2 amide bonds. The second-order valence-corrected chi connectivity index (χ2v) is 12.9. The maximum absolute atomic E-state index is 14.1. The van der Waals surface area contributed by atoms with Crippen LogP contribution in [0.3, 0.4) is 0 Å². The van der Waals surface area contributed by atoms with Crippen LogP contribution in [0, 0.1) is 11.3 Å². The fourth-order valence-electron chi connectivity index (χ4n) is 5.98. The van der Waals surface area contributed by atoms with Gasteiger partial charge in [-0.3, -0.25) is 19.4 Å². The lowest BCUT2D eigenvalue weighted by atomic mass is 9.69. The third kappa shape index (κ3) is 6.41. The Balaban J connectivity index is 1.61. The van der Waals surface area contributed by atoms with Gasteiger partial charge < -0.3 is 15.3 Å². The van der Waals surface area contributed by atoms with Crippen molar-refractivity contribution in [3.8, 4) is 0 Å². The van der Waals surface area contributed by atoms with E-state index in [0.717, 1.165) is 36.8 Å². The molecule has 0 bridgehead atoms. The number of carboxylic acid groups (broad SMARTS) is 1. The third-order valence-corrected chi connectivity index (χ3v) is 8.75. The van der Waals surface area contributed by atoms with Gasteiger partial charge in [-0.25, -0.2) is 0 Å². The zero-order chi connectivity index (χ0) is 28.5. The number of hydrogen-bond donors (Lipinski definition) is 2. The summed E-state index contributed by atoms with van der Waals surface area (Å²) >= 11 is 12.7. The van der Waals surface area contributed by atoms with Gasteiger partial charge in [0.05, 0.1) is 17.8 Å². The molecular weight excluding hydrogens is 537 g/mol. The highest BCUT2D eigenvalue weighted by atomic mass is 35.5. The lowest BCUT2D eigenvalue weighted by Gasteiger charge is -2.46. The van der Waals surface area contributed by atoms with Crippen molar-refractivity contribution < 1.29 is 19.5 Å². The van der Waals surface area contributed by atoms with Gasteiger partial charge in [-0.1, -0.05) is 44.5 Å². The number of carbonyl (C=O) groups is 3. The first kappa shape index (κ1) is 29.3. The fourth-order valence-corrected chi connectivity index (χ4v) is 6.63. The molecule has 2 aliphatic carbocycles. The summed E-state index contributed by atoms with van der Waals surface area (Å²) in [6, 6.07) is 6.84. The number of hydrogen-bond acceptors (Lipinski definition) is 4. The molecule has 2 atom stereocenters. The van der Waals surface area contributed by atoms with Crippen LogP contribution in [0.25, 0.3) is 0 Å². The summed E-state index contributed by atoms with van der Waals surface area (Å²) < 4.78 is 0. The molecule has 39 heavy (non-hydrogen) atoms. The standard InChI is InChI=1S/C30H37Cl2N3O4/c1-18(19-5-7-20(8-6-19)27(38)33-14-11-25(36)37)35-28(39)26(21-15-23(31)17-24(32)16-21)34-30(35)12-9-22(10-13-30)29(2,3)4/h5-8,15,17-18,22,24H,9-14,16H2,1-4H3,(H,33,38)(H,36,37)/t18-,22?,24?,30?/m1/s1. The van der Waals surface area contributed by atoms with Crippen LogP contribution in [0.15, 0.2) is 52.0 Å². The van der Waals surface area contributed by atoms with Gasteiger partial charge in [0.1, 0.15) is 11.4 Å². The number of aliphatic carboxylic acids is 1. The summed E-state index contributed by atoms with van der Waals surface area (Å²) in [5.74, 6) is -0.869. The zero-order valence-electron chi connectivity index (χ0n) is 23.0. The summed E-state index contributed by atoms with van der Waals surface area (Å²) in [4.78, 5) is 44.3. The highest BCUT2D eigenvalue weighted by molar-refractivity contribution is 6.47. The average molecular weight is 575 g/mol. The largest absolute Gasteiger partial charge is 0.481 e. The van der Waals surface area contributed by atoms with E-state index in [4.69, 9.17) is 33.3 Å². The minimum Gasteiger partial charge on any atom is -0.481 e. The first-order valence-corrected chi connectivity index (χ1v) is 14.4. The van der Waals surface area contributed by atoms with Gasteiger partial charge in [0.2, 0.25) is 0 Å². The molecule has 0 saturated heterocycles. The van der Waals surface area contributed by atoms with Gasteiger partial charge in [-0.2, -0.15) is 0 Å². The monoisotopic (exact) mass is 573 g/mol. The molecule has 3 aliphatic rings. The number of amides is 2. The maximum Gasteiger partial charge on any atom is 0.305 e. The normalized spacial score (nSPS) is 26.2. The average Bonchev–Trinajstić information content (AvgIpc) is 3.13. The van der Waals surface area contributed by atoms with Gasteiger partial charge >= 0.3 is 5.97 Å². The number of nitrogens with one attached hydrogen (secondary N) is 1. The summed E-state index contributed by atoms with van der Waals surface area (Å²) in [7, 11) is 0. The van der Waals surface area contributed by atoms with Crippen molar-refractivity contribution in [3.63, 3.8) is 0 Å². The van der Waals surface area contributed by atoms with E-state index in [0.29, 0.717) is 28.6 Å². The Hall–Kier alpha value is -2.64. The van der Waals surface area contributed by atoms with Crippen molar-refractivity contribution in [2.45, 2.75) is 83.3 Å². The van der Waals surface area contributed by atoms with E-state index in [1.165, 1.54) is 0 Å². The second-order valence-electron chi connectivity index (χ2n) is 11.9. The Labute approximate surface area is 240 Å². The number of benzene rings is 1. The Kier molecular flexibility index (Phi) is 8.62. The van der Waals surface area contributed by atoms with E-state index in [9.17, 15) is 14.4 Å². The zero-order valence-corrected chi connectivity index (χ0v) is 24.5. The number of carboxylic acids is 1. The molecule has 2 N–H and O–H groups in total. The van der Waals surface area contributed by atoms with Crippen LogP contribution in [0.1, 0.15) is 88.2 Å². The molecule has 1 aromatic carbocycles.